The molecule has 0 radical (unpaired) electrons. The van der Waals surface area contributed by atoms with E-state index < -0.39 is 5.82 Å². The highest BCUT2D eigenvalue weighted by Gasteiger charge is 2.23. The fraction of sp³-hybridized carbons (Fsp3) is 0.182. The number of hydrogen-bond acceptors (Lipinski definition) is 4. The summed E-state index contributed by atoms with van der Waals surface area (Å²) in [5.41, 5.74) is 6.50. The van der Waals surface area contributed by atoms with E-state index in [4.69, 9.17) is 15.2 Å². The molecule has 3 rings (SSSR count). The van der Waals surface area contributed by atoms with Crippen LogP contribution >= 0.6 is 15.9 Å². The van der Waals surface area contributed by atoms with E-state index in [9.17, 15) is 4.39 Å². The number of H-pyrrole nitrogens is 1. The molecule has 0 saturated carbocycles. The minimum atomic E-state index is -0.452. The van der Waals surface area contributed by atoms with Gasteiger partial charge in [-0.1, -0.05) is 0 Å². The molecule has 3 N–H and O–H groups in total. The third kappa shape index (κ3) is 1.62. The number of fused-ring (bicyclic) bond motifs is 1. The number of anilines is 1. The molecule has 0 aliphatic carbocycles. The zero-order valence-electron chi connectivity index (χ0n) is 9.17. The lowest BCUT2D eigenvalue weighted by atomic mass is 10.1. The first kappa shape index (κ1) is 11.3. The van der Waals surface area contributed by atoms with Crippen LogP contribution in [0.15, 0.2) is 16.7 Å². The van der Waals surface area contributed by atoms with Gasteiger partial charge in [0.2, 0.25) is 0 Å². The van der Waals surface area contributed by atoms with Crippen molar-refractivity contribution in [3.8, 4) is 22.6 Å². The predicted molar refractivity (Wildman–Crippen MR) is 67.1 cm³/mol. The monoisotopic (exact) mass is 313 g/mol. The van der Waals surface area contributed by atoms with Gasteiger partial charge in [-0.15, -0.1) is 0 Å². The molecule has 0 fully saturated rings. The molecule has 1 aromatic heterocycles. The first-order valence-corrected chi connectivity index (χ1v) is 6.04. The van der Waals surface area contributed by atoms with Gasteiger partial charge in [0, 0.05) is 11.1 Å². The number of halogens is 2. The fourth-order valence-electron chi connectivity index (χ4n) is 1.83. The minimum absolute atomic E-state index is 0.232. The standard InChI is InChI=1S/C11H9BrFN3O2/c12-8-9(13)5(6-4-15-16-11(6)14)3-7-10(8)18-2-1-17-7/h3-4H,1-2H2,(H3,14,15,16). The van der Waals surface area contributed by atoms with Gasteiger partial charge in [-0.2, -0.15) is 5.10 Å². The molecule has 0 atom stereocenters. The molecular weight excluding hydrogens is 305 g/mol. The van der Waals surface area contributed by atoms with Crippen LogP contribution < -0.4 is 15.2 Å². The van der Waals surface area contributed by atoms with Crippen molar-refractivity contribution < 1.29 is 13.9 Å². The fourth-order valence-corrected chi connectivity index (χ4v) is 2.35. The molecule has 2 heterocycles. The largest absolute Gasteiger partial charge is 0.486 e. The Balaban J connectivity index is 2.22. The number of aromatic amines is 1. The van der Waals surface area contributed by atoms with E-state index >= 15 is 0 Å². The molecule has 7 heteroatoms. The SMILES string of the molecule is Nc1[nH]ncc1-c1cc2c(c(Br)c1F)OCCO2. The van der Waals surface area contributed by atoms with Crippen LogP contribution in [0.4, 0.5) is 10.2 Å². The van der Waals surface area contributed by atoms with Crippen LogP contribution in [-0.4, -0.2) is 23.4 Å². The van der Waals surface area contributed by atoms with Crippen molar-refractivity contribution in [3.63, 3.8) is 0 Å². The maximum absolute atomic E-state index is 14.3. The van der Waals surface area contributed by atoms with Gasteiger partial charge in [-0.05, 0) is 22.0 Å². The number of nitrogen functional groups attached to an aromatic ring is 1. The zero-order valence-corrected chi connectivity index (χ0v) is 10.8. The van der Waals surface area contributed by atoms with E-state index in [-0.39, 0.29) is 4.47 Å². The zero-order chi connectivity index (χ0) is 12.7. The summed E-state index contributed by atoms with van der Waals surface area (Å²) in [6.07, 6.45) is 1.47. The average Bonchev–Trinajstić information content (AvgIpc) is 2.80. The summed E-state index contributed by atoms with van der Waals surface area (Å²) >= 11 is 3.18. The van der Waals surface area contributed by atoms with Gasteiger partial charge in [0.15, 0.2) is 11.5 Å². The Bertz CT molecular complexity index is 615. The van der Waals surface area contributed by atoms with Crippen molar-refractivity contribution in [2.45, 2.75) is 0 Å². The summed E-state index contributed by atoms with van der Waals surface area (Å²) in [5.74, 6) is 0.722. The molecule has 1 aromatic carbocycles. The smallest absolute Gasteiger partial charge is 0.178 e. The number of nitrogens with zero attached hydrogens (tertiary/aromatic N) is 1. The summed E-state index contributed by atoms with van der Waals surface area (Å²) in [6.45, 7) is 0.837. The number of ether oxygens (including phenoxy) is 2. The molecule has 1 aliphatic rings. The van der Waals surface area contributed by atoms with Crippen LogP contribution in [0.2, 0.25) is 0 Å². The first-order chi connectivity index (χ1) is 8.68. The summed E-state index contributed by atoms with van der Waals surface area (Å²) < 4.78 is 25.3. The van der Waals surface area contributed by atoms with Crippen molar-refractivity contribution >= 4 is 21.7 Å². The van der Waals surface area contributed by atoms with Crippen LogP contribution in [0.5, 0.6) is 11.5 Å². The number of nitrogens with one attached hydrogen (secondary N) is 1. The normalized spacial score (nSPS) is 13.7. The van der Waals surface area contributed by atoms with E-state index in [1.165, 1.54) is 6.20 Å². The van der Waals surface area contributed by atoms with Crippen molar-refractivity contribution in [3.05, 3.63) is 22.6 Å². The maximum atomic E-state index is 14.3. The predicted octanol–water partition coefficient (Wildman–Crippen LogP) is 2.33. The lowest BCUT2D eigenvalue weighted by Gasteiger charge is -2.21. The number of nitrogens with two attached hydrogens (primary N) is 1. The van der Waals surface area contributed by atoms with Gasteiger partial charge in [0.05, 0.1) is 10.7 Å². The second-order valence-corrected chi connectivity index (χ2v) is 4.57. The van der Waals surface area contributed by atoms with Gasteiger partial charge in [-0.25, -0.2) is 4.39 Å². The topological polar surface area (TPSA) is 73.2 Å². The Hall–Kier alpha value is -1.76. The summed E-state index contributed by atoms with van der Waals surface area (Å²) in [6, 6.07) is 1.57. The molecule has 1 aliphatic heterocycles. The minimum Gasteiger partial charge on any atom is -0.486 e. The second-order valence-electron chi connectivity index (χ2n) is 3.77. The van der Waals surface area contributed by atoms with Gasteiger partial charge in [0.25, 0.3) is 0 Å². The highest BCUT2D eigenvalue weighted by molar-refractivity contribution is 9.10. The quantitative estimate of drug-likeness (QED) is 0.847. The molecule has 0 spiro atoms. The average molecular weight is 314 g/mol. The lowest BCUT2D eigenvalue weighted by Crippen LogP contribution is -2.16. The highest BCUT2D eigenvalue weighted by atomic mass is 79.9. The van der Waals surface area contributed by atoms with Crippen molar-refractivity contribution in [2.24, 2.45) is 0 Å². The molecule has 18 heavy (non-hydrogen) atoms. The third-order valence-electron chi connectivity index (χ3n) is 2.67. The summed E-state index contributed by atoms with van der Waals surface area (Å²) in [5, 5.41) is 6.34. The third-order valence-corrected chi connectivity index (χ3v) is 3.38. The van der Waals surface area contributed by atoms with Crippen molar-refractivity contribution in [1.29, 1.82) is 0 Å². The van der Waals surface area contributed by atoms with Gasteiger partial charge in [-0.3, -0.25) is 5.10 Å². The van der Waals surface area contributed by atoms with Crippen LogP contribution in [0.1, 0.15) is 0 Å². The van der Waals surface area contributed by atoms with Crippen molar-refractivity contribution in [2.75, 3.05) is 18.9 Å². The Morgan fingerprint density at radius 3 is 2.83 bits per heavy atom. The molecule has 0 amide bonds. The molecule has 5 nitrogen and oxygen atoms in total. The molecule has 94 valence electrons. The van der Waals surface area contributed by atoms with E-state index in [1.54, 1.807) is 6.07 Å². The van der Waals surface area contributed by atoms with Gasteiger partial charge >= 0.3 is 0 Å². The highest BCUT2D eigenvalue weighted by Crippen LogP contribution is 2.44. The lowest BCUT2D eigenvalue weighted by molar-refractivity contribution is 0.169. The van der Waals surface area contributed by atoms with Crippen molar-refractivity contribution in [1.82, 2.24) is 10.2 Å². The second kappa shape index (κ2) is 4.16. The molecular formula is C11H9BrFN3O2. The Kier molecular flexibility index (Phi) is 2.62. The Morgan fingerprint density at radius 1 is 1.33 bits per heavy atom. The first-order valence-electron chi connectivity index (χ1n) is 5.25. The number of hydrogen-bond donors (Lipinski definition) is 2. The number of aromatic nitrogens is 2. The molecule has 2 aromatic rings. The number of rotatable bonds is 1. The maximum Gasteiger partial charge on any atom is 0.178 e. The Morgan fingerprint density at radius 2 is 2.11 bits per heavy atom. The van der Waals surface area contributed by atoms with E-state index in [0.717, 1.165) is 0 Å². The summed E-state index contributed by atoms with van der Waals surface area (Å²) in [4.78, 5) is 0. The van der Waals surface area contributed by atoms with E-state index in [1.807, 2.05) is 0 Å². The molecule has 0 saturated heterocycles. The number of benzene rings is 1. The van der Waals surface area contributed by atoms with E-state index in [0.29, 0.717) is 41.7 Å². The van der Waals surface area contributed by atoms with Gasteiger partial charge < -0.3 is 15.2 Å². The van der Waals surface area contributed by atoms with Crippen LogP contribution in [0.25, 0.3) is 11.1 Å². The van der Waals surface area contributed by atoms with Crippen LogP contribution in [0.3, 0.4) is 0 Å². The van der Waals surface area contributed by atoms with E-state index in [2.05, 4.69) is 26.1 Å². The summed E-state index contributed by atoms with van der Waals surface area (Å²) in [7, 11) is 0. The molecule has 0 bridgehead atoms. The Labute approximate surface area is 110 Å². The van der Waals surface area contributed by atoms with Crippen LogP contribution in [-0.2, 0) is 0 Å². The van der Waals surface area contributed by atoms with Gasteiger partial charge in [0.1, 0.15) is 24.8 Å². The van der Waals surface area contributed by atoms with Crippen LogP contribution in [0, 0.1) is 5.82 Å². The molecule has 0 unspecified atom stereocenters.